The minimum Gasteiger partial charge on any atom is -0.389 e. The summed E-state index contributed by atoms with van der Waals surface area (Å²) >= 11 is 0. The SMILES string of the molecule is C[C@@H]1C[C]([C@H](O)C(C)(C)O)O[C]2[C@H]1[C@@]1(C)CC[C@@]34C[C@@]35CCC(O[C@H]3CN(C6CC6)CCO3)C(C)(C)[C@@H]5CC[C]4[C@]1(C)[C@H]2O. The van der Waals surface area contributed by atoms with Crippen molar-refractivity contribution in [1.29, 1.82) is 0 Å². The van der Waals surface area contributed by atoms with Gasteiger partial charge in [0.2, 0.25) is 0 Å². The molecule has 0 aromatic carbocycles. The van der Waals surface area contributed by atoms with Crippen LogP contribution in [-0.2, 0) is 14.2 Å². The highest BCUT2D eigenvalue weighted by Crippen LogP contribution is 2.90. The lowest BCUT2D eigenvalue weighted by Crippen LogP contribution is -2.59. The van der Waals surface area contributed by atoms with Gasteiger partial charge in [-0.1, -0.05) is 34.6 Å². The van der Waals surface area contributed by atoms with Gasteiger partial charge in [-0.2, -0.15) is 0 Å². The van der Waals surface area contributed by atoms with E-state index in [1.54, 1.807) is 19.8 Å². The predicted molar refractivity (Wildman–Crippen MR) is 166 cm³/mol. The molecule has 6 saturated carbocycles. The highest BCUT2D eigenvalue weighted by atomic mass is 16.7. The number of rotatable bonds is 5. The van der Waals surface area contributed by atoms with E-state index in [0.717, 1.165) is 57.5 Å². The smallest absolute Gasteiger partial charge is 0.170 e. The summed E-state index contributed by atoms with van der Waals surface area (Å²) in [7, 11) is 0. The summed E-state index contributed by atoms with van der Waals surface area (Å²) in [6, 6.07) is 0.752. The Bertz CT molecular complexity index is 1150. The van der Waals surface area contributed by atoms with Crippen LogP contribution in [0.25, 0.3) is 0 Å². The summed E-state index contributed by atoms with van der Waals surface area (Å²) < 4.78 is 19.6. The van der Waals surface area contributed by atoms with Crippen LogP contribution in [0.2, 0.25) is 0 Å². The number of aliphatic hydroxyl groups is 3. The highest BCUT2D eigenvalue weighted by Gasteiger charge is 2.85. The van der Waals surface area contributed by atoms with Crippen LogP contribution in [-0.4, -0.2) is 76.2 Å². The quantitative estimate of drug-likeness (QED) is 0.382. The van der Waals surface area contributed by atoms with Gasteiger partial charge in [0.25, 0.3) is 0 Å². The Kier molecular flexibility index (Phi) is 6.81. The molecule has 1 unspecified atom stereocenters. The van der Waals surface area contributed by atoms with Gasteiger partial charge in [-0.25, -0.2) is 0 Å². The molecule has 0 aromatic rings. The molecule has 2 saturated heterocycles. The maximum absolute atomic E-state index is 12.3. The molecule has 7 nitrogen and oxygen atoms in total. The minimum atomic E-state index is -1.29. The van der Waals surface area contributed by atoms with Gasteiger partial charge in [-0.3, -0.25) is 4.90 Å². The second-order valence-electron chi connectivity index (χ2n) is 18.2. The Balaban J connectivity index is 1.04. The average Bonchev–Trinajstić information content (AvgIpc) is 3.88. The number of aliphatic hydroxyl groups excluding tert-OH is 2. The Labute approximate surface area is 265 Å². The zero-order valence-electron chi connectivity index (χ0n) is 28.3. The molecule has 0 bridgehead atoms. The molecule has 8 aliphatic rings. The largest absolute Gasteiger partial charge is 0.389 e. The van der Waals surface area contributed by atoms with Crippen LogP contribution in [0, 0.1) is 63.0 Å². The molecule has 8 rings (SSSR count). The molecule has 2 spiro atoms. The zero-order chi connectivity index (χ0) is 31.2. The lowest BCUT2D eigenvalue weighted by Gasteiger charge is -2.63. The van der Waals surface area contributed by atoms with Crippen molar-refractivity contribution in [2.45, 2.75) is 149 Å². The summed E-state index contributed by atoms with van der Waals surface area (Å²) in [5.74, 6) is 2.61. The lowest BCUT2D eigenvalue weighted by molar-refractivity contribution is -0.244. The summed E-state index contributed by atoms with van der Waals surface area (Å²) in [6.07, 6.45) is 10.9. The zero-order valence-corrected chi connectivity index (χ0v) is 28.3. The van der Waals surface area contributed by atoms with Crippen molar-refractivity contribution in [3.05, 3.63) is 18.1 Å². The minimum absolute atomic E-state index is 0.0753. The molecule has 3 N–H and O–H groups in total. The number of morpholine rings is 1. The van der Waals surface area contributed by atoms with Crippen LogP contribution in [0.4, 0.5) is 0 Å². The molecular formula is C37H58NO6. The topological polar surface area (TPSA) is 91.6 Å². The third kappa shape index (κ3) is 3.93. The molecule has 6 aliphatic carbocycles. The Morgan fingerprint density at radius 3 is 2.50 bits per heavy atom. The average molecular weight is 613 g/mol. The van der Waals surface area contributed by atoms with E-state index < -0.39 is 17.8 Å². The molecule has 7 heteroatoms. The standard InChI is InChI=1S/C37H58NO6/c1-21-18-23(30(39)33(4,5)41)43-29-28(21)34(6)14-15-37-20-36(37)13-12-26(44-27-19-38(16-17-42-27)22-8-9-22)32(2,3)24(36)10-11-25(37)35(34,7)31(29)40/h21-22,24,26-28,30-31,39-41H,8-20H2,1-7H3/t21-,24+,26?,27+,28+,30+,31+,34-,35-,36-,37+/m1/s1. The van der Waals surface area contributed by atoms with Gasteiger partial charge >= 0.3 is 0 Å². The number of hydrogen-bond acceptors (Lipinski definition) is 7. The number of fused-ring (bicyclic) bond motifs is 4. The van der Waals surface area contributed by atoms with E-state index in [1.165, 1.54) is 32.1 Å². The van der Waals surface area contributed by atoms with E-state index in [2.05, 4.69) is 39.5 Å². The van der Waals surface area contributed by atoms with Crippen molar-refractivity contribution in [2.24, 2.45) is 44.8 Å². The molecule has 11 atom stereocenters. The normalized spacial score (nSPS) is 52.0. The Hall–Kier alpha value is -0.280. The van der Waals surface area contributed by atoms with E-state index >= 15 is 0 Å². The van der Waals surface area contributed by atoms with Gasteiger partial charge < -0.3 is 29.5 Å². The molecular weight excluding hydrogens is 554 g/mol. The fraction of sp³-hybridized carbons (Fsp3) is 0.919. The summed E-state index contributed by atoms with van der Waals surface area (Å²) in [4.78, 5) is 2.59. The first kappa shape index (κ1) is 31.0. The molecule has 0 amide bonds. The molecule has 3 radical (unpaired) electrons. The van der Waals surface area contributed by atoms with Gasteiger partial charge in [0.15, 0.2) is 6.29 Å². The number of hydrogen-bond donors (Lipinski definition) is 3. The van der Waals surface area contributed by atoms with Crippen molar-refractivity contribution in [3.8, 4) is 0 Å². The van der Waals surface area contributed by atoms with Crippen LogP contribution >= 0.6 is 0 Å². The van der Waals surface area contributed by atoms with Crippen LogP contribution in [0.1, 0.15) is 113 Å². The molecule has 2 heterocycles. The van der Waals surface area contributed by atoms with Crippen molar-refractivity contribution in [3.63, 3.8) is 0 Å². The second-order valence-corrected chi connectivity index (χ2v) is 18.2. The first-order valence-electron chi connectivity index (χ1n) is 18.0. The van der Waals surface area contributed by atoms with Crippen molar-refractivity contribution >= 4 is 0 Å². The molecule has 8 fully saturated rings. The Morgan fingerprint density at radius 2 is 1.80 bits per heavy atom. The Morgan fingerprint density at radius 1 is 1.05 bits per heavy atom. The molecule has 44 heavy (non-hydrogen) atoms. The fourth-order valence-electron chi connectivity index (χ4n) is 12.9. The van der Waals surface area contributed by atoms with Crippen molar-refractivity contribution in [2.75, 3.05) is 19.7 Å². The maximum Gasteiger partial charge on any atom is 0.170 e. The van der Waals surface area contributed by atoms with Crippen LogP contribution in [0.5, 0.6) is 0 Å². The first-order valence-corrected chi connectivity index (χ1v) is 18.0. The summed E-state index contributed by atoms with van der Waals surface area (Å²) in [5.41, 5.74) is -1.16. The van der Waals surface area contributed by atoms with Crippen LogP contribution in [0.15, 0.2) is 0 Å². The molecule has 247 valence electrons. The monoisotopic (exact) mass is 612 g/mol. The summed E-state index contributed by atoms with van der Waals surface area (Å²) in [5, 5.41) is 33.9. The van der Waals surface area contributed by atoms with E-state index in [1.807, 2.05) is 0 Å². The van der Waals surface area contributed by atoms with Gasteiger partial charge in [0.1, 0.15) is 18.3 Å². The van der Waals surface area contributed by atoms with Crippen LogP contribution in [0.3, 0.4) is 0 Å². The predicted octanol–water partition coefficient (Wildman–Crippen LogP) is 5.42. The van der Waals surface area contributed by atoms with Crippen LogP contribution < -0.4 is 0 Å². The van der Waals surface area contributed by atoms with Gasteiger partial charge in [0, 0.05) is 30.5 Å². The number of ether oxygens (including phenoxy) is 3. The van der Waals surface area contributed by atoms with E-state index in [9.17, 15) is 15.3 Å². The molecule has 2 aliphatic heterocycles. The van der Waals surface area contributed by atoms with Crippen molar-refractivity contribution < 1.29 is 29.5 Å². The van der Waals surface area contributed by atoms with Gasteiger partial charge in [-0.05, 0) is 117 Å². The first-order chi connectivity index (χ1) is 20.6. The lowest BCUT2D eigenvalue weighted by atomic mass is 9.41. The van der Waals surface area contributed by atoms with E-state index in [4.69, 9.17) is 14.2 Å². The maximum atomic E-state index is 12.3. The summed E-state index contributed by atoms with van der Waals surface area (Å²) in [6.45, 7) is 18.0. The van der Waals surface area contributed by atoms with Crippen molar-refractivity contribution in [1.82, 2.24) is 4.90 Å². The third-order valence-electron chi connectivity index (χ3n) is 15.4. The third-order valence-corrected chi connectivity index (χ3v) is 15.4. The van der Waals surface area contributed by atoms with E-state index in [0.29, 0.717) is 23.9 Å². The van der Waals surface area contributed by atoms with E-state index in [-0.39, 0.29) is 45.9 Å². The number of nitrogens with zero attached hydrogens (tertiary/aromatic N) is 1. The second kappa shape index (κ2) is 9.66. The van der Waals surface area contributed by atoms with Gasteiger partial charge in [-0.15, -0.1) is 0 Å². The highest BCUT2D eigenvalue weighted by molar-refractivity contribution is 5.45. The fourth-order valence-corrected chi connectivity index (χ4v) is 12.9. The van der Waals surface area contributed by atoms with Gasteiger partial charge in [0.05, 0.1) is 24.4 Å². The molecule has 0 aromatic heterocycles.